The second kappa shape index (κ2) is 8.75. The van der Waals surface area contributed by atoms with Crippen LogP contribution in [0.2, 0.25) is 0 Å². The highest BCUT2D eigenvalue weighted by atomic mass is 16.6. The fourth-order valence-electron chi connectivity index (χ4n) is 1.54. The molecule has 0 aliphatic heterocycles. The lowest BCUT2D eigenvalue weighted by Gasteiger charge is -2.29. The zero-order valence-electron chi connectivity index (χ0n) is 11.8. The van der Waals surface area contributed by atoms with Crippen LogP contribution in [0.15, 0.2) is 12.7 Å². The van der Waals surface area contributed by atoms with Gasteiger partial charge in [-0.1, -0.05) is 6.58 Å². The number of carbonyl (C=O) groups excluding carboxylic acids is 3. The molecule has 0 fully saturated rings. The third-order valence-electron chi connectivity index (χ3n) is 2.16. The molecule has 0 aliphatic rings. The van der Waals surface area contributed by atoms with Gasteiger partial charge in [0.15, 0.2) is 18.3 Å². The molecular weight excluding hydrogens is 264 g/mol. The number of hydrogen-bond donors (Lipinski definition) is 0. The van der Waals surface area contributed by atoms with E-state index < -0.39 is 36.2 Å². The van der Waals surface area contributed by atoms with Gasteiger partial charge in [0.25, 0.3) is 0 Å². The van der Waals surface area contributed by atoms with Gasteiger partial charge in [0.2, 0.25) is 0 Å². The highest BCUT2D eigenvalue weighted by Gasteiger charge is 2.34. The first kappa shape index (κ1) is 17.7. The Bertz CT molecular complexity index is 420. The summed E-state index contributed by atoms with van der Waals surface area (Å²) in [6, 6.07) is 0. The van der Waals surface area contributed by atoms with Gasteiger partial charge in [-0.25, -0.2) is 0 Å². The van der Waals surface area contributed by atoms with Crippen molar-refractivity contribution in [1.82, 2.24) is 0 Å². The van der Waals surface area contributed by atoms with E-state index in [1.165, 1.54) is 26.8 Å². The van der Waals surface area contributed by atoms with E-state index in [9.17, 15) is 14.4 Å². The fourth-order valence-corrected chi connectivity index (χ4v) is 1.54. The lowest BCUT2D eigenvalue weighted by molar-refractivity contribution is -0.178. The summed E-state index contributed by atoms with van der Waals surface area (Å²) in [6.07, 6.45) is 3.55. The largest absolute Gasteiger partial charge is 0.457 e. The molecule has 0 amide bonds. The smallest absolute Gasteiger partial charge is 0.303 e. The molecule has 0 heterocycles. The van der Waals surface area contributed by atoms with Crippen molar-refractivity contribution in [2.24, 2.45) is 0 Å². The van der Waals surface area contributed by atoms with Gasteiger partial charge in [-0.2, -0.15) is 0 Å². The van der Waals surface area contributed by atoms with Gasteiger partial charge in [0, 0.05) is 27.2 Å². The first-order chi connectivity index (χ1) is 9.31. The number of ether oxygens (including phenoxy) is 3. The Morgan fingerprint density at radius 1 is 1.10 bits per heavy atom. The average molecular weight is 282 g/mol. The molecule has 0 aromatic heterocycles. The Morgan fingerprint density at radius 3 is 1.95 bits per heavy atom. The second-order valence-electron chi connectivity index (χ2n) is 3.94. The Hall–Kier alpha value is -2.29. The van der Waals surface area contributed by atoms with Crippen LogP contribution in [-0.4, -0.2) is 36.2 Å². The van der Waals surface area contributed by atoms with E-state index in [0.29, 0.717) is 0 Å². The van der Waals surface area contributed by atoms with Crippen LogP contribution in [-0.2, 0) is 28.6 Å². The van der Waals surface area contributed by atoms with Crippen LogP contribution in [0.1, 0.15) is 27.2 Å². The summed E-state index contributed by atoms with van der Waals surface area (Å²) in [7, 11) is 0. The van der Waals surface area contributed by atoms with E-state index in [1.54, 1.807) is 0 Å². The standard InChI is InChI=1S/C14H18O6/c1-6-8-13(19-10(4)16)14(20-11(5)17)12(7-2)18-9(3)15/h1,7,12-14H,2,8H2,3-5H3/t12-,13+,14+/m0/s1. The first-order valence-electron chi connectivity index (χ1n) is 5.89. The topological polar surface area (TPSA) is 78.9 Å². The Kier molecular flexibility index (Phi) is 7.75. The minimum atomic E-state index is -1.05. The number of terminal acetylenes is 1. The predicted molar refractivity (Wildman–Crippen MR) is 70.3 cm³/mol. The summed E-state index contributed by atoms with van der Waals surface area (Å²) < 4.78 is 15.1. The molecule has 0 bridgehead atoms. The van der Waals surface area contributed by atoms with Crippen molar-refractivity contribution in [3.05, 3.63) is 12.7 Å². The summed E-state index contributed by atoms with van der Waals surface area (Å²) in [5.41, 5.74) is 0. The van der Waals surface area contributed by atoms with Crippen LogP contribution in [0.4, 0.5) is 0 Å². The zero-order chi connectivity index (χ0) is 15.7. The maximum absolute atomic E-state index is 11.2. The van der Waals surface area contributed by atoms with E-state index in [4.69, 9.17) is 20.6 Å². The highest BCUT2D eigenvalue weighted by molar-refractivity contribution is 5.68. The zero-order valence-corrected chi connectivity index (χ0v) is 11.8. The molecule has 0 saturated carbocycles. The van der Waals surface area contributed by atoms with Gasteiger partial charge < -0.3 is 14.2 Å². The molecule has 0 aliphatic carbocycles. The fraction of sp³-hybridized carbons (Fsp3) is 0.500. The van der Waals surface area contributed by atoms with Gasteiger partial charge in [-0.3, -0.25) is 14.4 Å². The van der Waals surface area contributed by atoms with Crippen LogP contribution in [0, 0.1) is 12.3 Å². The minimum Gasteiger partial charge on any atom is -0.457 e. The van der Waals surface area contributed by atoms with Gasteiger partial charge in [-0.15, -0.1) is 12.3 Å². The highest BCUT2D eigenvalue weighted by Crippen LogP contribution is 2.17. The lowest BCUT2D eigenvalue weighted by atomic mass is 10.0. The Morgan fingerprint density at radius 2 is 1.60 bits per heavy atom. The number of hydrogen-bond acceptors (Lipinski definition) is 6. The van der Waals surface area contributed by atoms with Crippen LogP contribution in [0.25, 0.3) is 0 Å². The average Bonchev–Trinajstić information content (AvgIpc) is 2.31. The minimum absolute atomic E-state index is 0.00311. The summed E-state index contributed by atoms with van der Waals surface area (Å²) in [5.74, 6) is 0.515. The molecule has 6 heteroatoms. The molecule has 110 valence electrons. The molecule has 0 rings (SSSR count). The van der Waals surface area contributed by atoms with Crippen molar-refractivity contribution in [3.8, 4) is 12.3 Å². The molecule has 0 unspecified atom stereocenters. The van der Waals surface area contributed by atoms with Crippen molar-refractivity contribution < 1.29 is 28.6 Å². The number of esters is 3. The van der Waals surface area contributed by atoms with Crippen LogP contribution >= 0.6 is 0 Å². The molecule has 0 spiro atoms. The molecule has 0 aromatic rings. The van der Waals surface area contributed by atoms with Crippen LogP contribution in [0.3, 0.4) is 0 Å². The van der Waals surface area contributed by atoms with Crippen molar-refractivity contribution in [1.29, 1.82) is 0 Å². The van der Waals surface area contributed by atoms with Crippen LogP contribution in [0.5, 0.6) is 0 Å². The molecule has 0 saturated heterocycles. The van der Waals surface area contributed by atoms with E-state index in [1.807, 2.05) is 0 Å². The van der Waals surface area contributed by atoms with E-state index in [2.05, 4.69) is 12.5 Å². The number of rotatable bonds is 7. The SMILES string of the molecule is C#CC[C@@H](OC(C)=O)[C@H](OC(C)=O)[C@H](C=C)OC(C)=O. The van der Waals surface area contributed by atoms with E-state index >= 15 is 0 Å². The third-order valence-corrected chi connectivity index (χ3v) is 2.16. The Labute approximate surface area is 118 Å². The molecule has 0 aromatic carbocycles. The van der Waals surface area contributed by atoms with E-state index in [-0.39, 0.29) is 6.42 Å². The molecule has 0 radical (unpaired) electrons. The molecule has 6 nitrogen and oxygen atoms in total. The van der Waals surface area contributed by atoms with Crippen molar-refractivity contribution >= 4 is 17.9 Å². The maximum atomic E-state index is 11.2. The summed E-state index contributed by atoms with van der Waals surface area (Å²) in [6.45, 7) is 7.08. The summed E-state index contributed by atoms with van der Waals surface area (Å²) in [4.78, 5) is 33.3. The molecule has 0 N–H and O–H groups in total. The molecule has 3 atom stereocenters. The normalized spacial score (nSPS) is 14.1. The summed E-state index contributed by atoms with van der Waals surface area (Å²) in [5, 5.41) is 0. The van der Waals surface area contributed by atoms with Gasteiger partial charge in [-0.05, 0) is 6.08 Å². The summed E-state index contributed by atoms with van der Waals surface area (Å²) >= 11 is 0. The monoisotopic (exact) mass is 282 g/mol. The number of carbonyl (C=O) groups is 3. The van der Waals surface area contributed by atoms with Gasteiger partial charge in [0.1, 0.15) is 0 Å². The Balaban J connectivity index is 5.28. The van der Waals surface area contributed by atoms with Crippen LogP contribution < -0.4 is 0 Å². The van der Waals surface area contributed by atoms with Gasteiger partial charge in [0.05, 0.1) is 0 Å². The lowest BCUT2D eigenvalue weighted by Crippen LogP contribution is -2.44. The van der Waals surface area contributed by atoms with Crippen molar-refractivity contribution in [3.63, 3.8) is 0 Å². The van der Waals surface area contributed by atoms with E-state index in [0.717, 1.165) is 0 Å². The van der Waals surface area contributed by atoms with Crippen molar-refractivity contribution in [2.75, 3.05) is 0 Å². The molecular formula is C14H18O6. The predicted octanol–water partition coefficient (Wildman–Crippen LogP) is 0.991. The van der Waals surface area contributed by atoms with Crippen molar-refractivity contribution in [2.45, 2.75) is 45.5 Å². The van der Waals surface area contributed by atoms with Gasteiger partial charge >= 0.3 is 17.9 Å². The molecule has 20 heavy (non-hydrogen) atoms. The second-order valence-corrected chi connectivity index (χ2v) is 3.94. The maximum Gasteiger partial charge on any atom is 0.303 e. The quantitative estimate of drug-likeness (QED) is 0.300. The third kappa shape index (κ3) is 6.59. The first-order valence-corrected chi connectivity index (χ1v) is 5.89.